The summed E-state index contributed by atoms with van der Waals surface area (Å²) >= 11 is 2.22. The van der Waals surface area contributed by atoms with Crippen LogP contribution in [0.15, 0.2) is 45.7 Å². The van der Waals surface area contributed by atoms with E-state index in [1.54, 1.807) is 18.4 Å². The Labute approximate surface area is 137 Å². The van der Waals surface area contributed by atoms with E-state index >= 15 is 0 Å². The van der Waals surface area contributed by atoms with E-state index in [9.17, 15) is 8.60 Å². The van der Waals surface area contributed by atoms with E-state index in [1.165, 1.54) is 12.1 Å². The molecule has 0 N–H and O–H groups in total. The predicted octanol–water partition coefficient (Wildman–Crippen LogP) is 4.89. The van der Waals surface area contributed by atoms with Crippen LogP contribution in [0.5, 0.6) is 0 Å². The minimum Gasteiger partial charge on any atom is -0.454 e. The van der Waals surface area contributed by atoms with Gasteiger partial charge in [0, 0.05) is 20.8 Å². The quantitative estimate of drug-likeness (QED) is 0.559. The predicted molar refractivity (Wildman–Crippen MR) is 91.4 cm³/mol. The number of rotatable bonds is 2. The molecule has 0 bridgehead atoms. The first-order valence-electron chi connectivity index (χ1n) is 6.29. The Morgan fingerprint density at radius 2 is 2.00 bits per heavy atom. The molecule has 0 fully saturated rings. The first-order valence-corrected chi connectivity index (χ1v) is 8.93. The minimum atomic E-state index is -1.23. The van der Waals surface area contributed by atoms with Gasteiger partial charge in [-0.05, 0) is 59.3 Å². The lowest BCUT2D eigenvalue weighted by Crippen LogP contribution is -1.90. The van der Waals surface area contributed by atoms with Crippen LogP contribution in [0.3, 0.4) is 0 Å². The van der Waals surface area contributed by atoms with Crippen molar-refractivity contribution in [1.29, 1.82) is 0 Å². The topological polar surface area (TPSA) is 30.2 Å². The molecule has 0 aliphatic heterocycles. The summed E-state index contributed by atoms with van der Waals surface area (Å²) in [5, 5.41) is 0.833. The van der Waals surface area contributed by atoms with Crippen LogP contribution in [0.1, 0.15) is 5.56 Å². The molecule has 2 nitrogen and oxygen atoms in total. The van der Waals surface area contributed by atoms with Gasteiger partial charge in [0.05, 0.1) is 15.7 Å². The van der Waals surface area contributed by atoms with Crippen LogP contribution in [0.25, 0.3) is 22.3 Å². The summed E-state index contributed by atoms with van der Waals surface area (Å²) in [6, 6.07) is 10.1. The number of halogens is 2. The van der Waals surface area contributed by atoms with Gasteiger partial charge in [-0.25, -0.2) is 4.39 Å². The monoisotopic (exact) mass is 414 g/mol. The Morgan fingerprint density at radius 3 is 2.67 bits per heavy atom. The first-order chi connectivity index (χ1) is 9.97. The maximum atomic E-state index is 13.5. The van der Waals surface area contributed by atoms with E-state index in [1.807, 2.05) is 19.1 Å². The highest BCUT2D eigenvalue weighted by molar-refractivity contribution is 14.1. The lowest BCUT2D eigenvalue weighted by molar-refractivity contribution is 0.611. The van der Waals surface area contributed by atoms with Crippen molar-refractivity contribution in [3.63, 3.8) is 0 Å². The Balaban J connectivity index is 2.40. The number of aryl methyl sites for hydroxylation is 1. The maximum absolute atomic E-state index is 13.5. The van der Waals surface area contributed by atoms with Crippen molar-refractivity contribution in [2.24, 2.45) is 0 Å². The van der Waals surface area contributed by atoms with Crippen molar-refractivity contribution < 1.29 is 13.0 Å². The molecule has 1 heterocycles. The summed E-state index contributed by atoms with van der Waals surface area (Å²) in [5.74, 6) is 0.141. The zero-order chi connectivity index (χ0) is 15.1. The highest BCUT2D eigenvalue weighted by Gasteiger charge is 2.20. The summed E-state index contributed by atoms with van der Waals surface area (Å²) in [7, 11) is -1.23. The van der Waals surface area contributed by atoms with Crippen LogP contribution < -0.4 is 0 Å². The summed E-state index contributed by atoms with van der Waals surface area (Å²) in [4.78, 5) is 0.622. The molecule has 108 valence electrons. The Bertz CT molecular complexity index is 870. The third-order valence-electron chi connectivity index (χ3n) is 3.27. The second-order valence-corrected chi connectivity index (χ2v) is 7.39. The number of benzene rings is 2. The van der Waals surface area contributed by atoms with Gasteiger partial charge in [-0.15, -0.1) is 0 Å². The van der Waals surface area contributed by atoms with Gasteiger partial charge in [-0.1, -0.05) is 12.1 Å². The van der Waals surface area contributed by atoms with Crippen LogP contribution in [-0.2, 0) is 10.8 Å². The fourth-order valence-corrected chi connectivity index (χ4v) is 4.07. The second kappa shape index (κ2) is 5.53. The molecule has 0 amide bonds. The third-order valence-corrected chi connectivity index (χ3v) is 4.87. The average Bonchev–Trinajstić information content (AvgIpc) is 2.78. The molecule has 3 aromatic rings. The van der Waals surface area contributed by atoms with Gasteiger partial charge < -0.3 is 4.42 Å². The fraction of sp³-hybridized carbons (Fsp3) is 0.125. The molecule has 0 spiro atoms. The smallest absolute Gasteiger partial charge is 0.151 e. The van der Waals surface area contributed by atoms with Gasteiger partial charge in [-0.3, -0.25) is 4.21 Å². The van der Waals surface area contributed by atoms with Crippen LogP contribution in [0.2, 0.25) is 0 Å². The van der Waals surface area contributed by atoms with Gasteiger partial charge in [-0.2, -0.15) is 0 Å². The van der Waals surface area contributed by atoms with Crippen LogP contribution in [0.4, 0.5) is 4.39 Å². The molecule has 0 aliphatic carbocycles. The van der Waals surface area contributed by atoms with E-state index < -0.39 is 10.8 Å². The molecule has 2 aromatic carbocycles. The van der Waals surface area contributed by atoms with E-state index in [0.29, 0.717) is 21.8 Å². The molecule has 21 heavy (non-hydrogen) atoms. The summed E-state index contributed by atoms with van der Waals surface area (Å²) in [6.45, 7) is 1.95. The van der Waals surface area contributed by atoms with E-state index in [0.717, 1.165) is 14.5 Å². The molecule has 1 atom stereocenters. The van der Waals surface area contributed by atoms with Gasteiger partial charge in [0.2, 0.25) is 0 Å². The molecule has 5 heteroatoms. The molecular formula is C16H12FIO2S. The van der Waals surface area contributed by atoms with E-state index in [2.05, 4.69) is 22.6 Å². The van der Waals surface area contributed by atoms with Crippen molar-refractivity contribution in [3.05, 3.63) is 51.3 Å². The molecule has 1 unspecified atom stereocenters. The van der Waals surface area contributed by atoms with Crippen molar-refractivity contribution >= 4 is 44.4 Å². The number of furan rings is 1. The molecule has 0 aliphatic rings. The van der Waals surface area contributed by atoms with Gasteiger partial charge in [0.25, 0.3) is 0 Å². The average molecular weight is 414 g/mol. The zero-order valence-corrected chi connectivity index (χ0v) is 14.4. The van der Waals surface area contributed by atoms with Crippen molar-refractivity contribution in [2.75, 3.05) is 6.26 Å². The fourth-order valence-electron chi connectivity index (χ4n) is 2.41. The van der Waals surface area contributed by atoms with E-state index in [4.69, 9.17) is 4.42 Å². The first kappa shape index (κ1) is 14.7. The van der Waals surface area contributed by atoms with Gasteiger partial charge in [0.1, 0.15) is 11.4 Å². The second-order valence-electron chi connectivity index (χ2n) is 4.82. The SMILES string of the molecule is Cc1cc(I)cc2c(S(C)=O)c(-c3cccc(F)c3)oc12. The standard InChI is InChI=1S/C16H12FIO2S/c1-9-6-12(18)8-13-14(9)20-15(16(13)21(2)19)10-4-3-5-11(17)7-10/h3-8H,1-2H3. The maximum Gasteiger partial charge on any atom is 0.151 e. The van der Waals surface area contributed by atoms with Crippen molar-refractivity contribution in [1.82, 2.24) is 0 Å². The van der Waals surface area contributed by atoms with Gasteiger partial charge >= 0.3 is 0 Å². The molecule has 0 radical (unpaired) electrons. The van der Waals surface area contributed by atoms with Crippen LogP contribution >= 0.6 is 22.6 Å². The third kappa shape index (κ3) is 2.64. The molecular weight excluding hydrogens is 402 g/mol. The number of hydrogen-bond donors (Lipinski definition) is 0. The van der Waals surface area contributed by atoms with Crippen molar-refractivity contribution in [3.8, 4) is 11.3 Å². The Hall–Kier alpha value is -1.21. The zero-order valence-electron chi connectivity index (χ0n) is 11.4. The normalized spacial score (nSPS) is 12.8. The lowest BCUT2D eigenvalue weighted by atomic mass is 10.1. The molecule has 3 rings (SSSR count). The Morgan fingerprint density at radius 1 is 1.24 bits per heavy atom. The molecule has 1 aromatic heterocycles. The Kier molecular flexibility index (Phi) is 3.88. The highest BCUT2D eigenvalue weighted by atomic mass is 127. The van der Waals surface area contributed by atoms with Crippen LogP contribution in [-0.4, -0.2) is 10.5 Å². The number of fused-ring (bicyclic) bond motifs is 1. The summed E-state index contributed by atoms with van der Waals surface area (Å²) in [6.07, 6.45) is 1.61. The van der Waals surface area contributed by atoms with E-state index in [-0.39, 0.29) is 5.82 Å². The molecule has 0 saturated heterocycles. The number of hydrogen-bond acceptors (Lipinski definition) is 2. The lowest BCUT2D eigenvalue weighted by Gasteiger charge is -2.00. The van der Waals surface area contributed by atoms with Gasteiger partial charge in [0.15, 0.2) is 5.76 Å². The van der Waals surface area contributed by atoms with Crippen molar-refractivity contribution in [2.45, 2.75) is 11.8 Å². The summed E-state index contributed by atoms with van der Waals surface area (Å²) in [5.41, 5.74) is 2.29. The van der Waals surface area contributed by atoms with Crippen LogP contribution in [0, 0.1) is 16.3 Å². The highest BCUT2D eigenvalue weighted by Crippen LogP contribution is 2.38. The largest absolute Gasteiger partial charge is 0.454 e. The minimum absolute atomic E-state index is 0.341. The molecule has 0 saturated carbocycles. The summed E-state index contributed by atoms with van der Waals surface area (Å²) < 4.78 is 32.6.